The summed E-state index contributed by atoms with van der Waals surface area (Å²) in [5.74, 6) is 1.15. The summed E-state index contributed by atoms with van der Waals surface area (Å²) in [6, 6.07) is 11.7. The van der Waals surface area contributed by atoms with Crippen LogP contribution in [0.4, 0.5) is 0 Å². The van der Waals surface area contributed by atoms with Gasteiger partial charge in [0.25, 0.3) is 0 Å². The van der Waals surface area contributed by atoms with Crippen molar-refractivity contribution in [1.29, 1.82) is 0 Å². The van der Waals surface area contributed by atoms with E-state index in [1.54, 1.807) is 30.5 Å². The molecule has 0 saturated carbocycles. The number of aliphatic imine (C=N–C) groups is 1. The summed E-state index contributed by atoms with van der Waals surface area (Å²) in [4.78, 5) is 6.87. The van der Waals surface area contributed by atoms with Crippen LogP contribution in [0, 0.1) is 6.92 Å². The molecule has 0 amide bonds. The summed E-state index contributed by atoms with van der Waals surface area (Å²) in [5, 5.41) is 15.9. The highest BCUT2D eigenvalue weighted by atomic mass is 127. The number of hydrogen-bond acceptors (Lipinski definition) is 3. The average Bonchev–Trinajstić information content (AvgIpc) is 2.94. The zero-order valence-electron chi connectivity index (χ0n) is 13.5. The summed E-state index contributed by atoms with van der Waals surface area (Å²) in [5.41, 5.74) is 1.23. The van der Waals surface area contributed by atoms with Gasteiger partial charge in [-0.15, -0.1) is 35.3 Å². The molecule has 23 heavy (non-hydrogen) atoms. The molecule has 0 saturated heterocycles. The third kappa shape index (κ3) is 7.22. The fourth-order valence-electron chi connectivity index (χ4n) is 2.13. The molecule has 0 bridgehead atoms. The molecule has 126 valence electrons. The maximum atomic E-state index is 9.25. The molecule has 0 aliphatic rings. The third-order valence-corrected chi connectivity index (χ3v) is 4.32. The first-order valence-corrected chi connectivity index (χ1v) is 8.27. The molecule has 0 fully saturated rings. The van der Waals surface area contributed by atoms with Crippen LogP contribution in [0.25, 0.3) is 0 Å². The SMILES string of the molecule is CN=C(NCCCc1ccc(O)cc1)NCc1ccc(C)s1.I. The van der Waals surface area contributed by atoms with E-state index in [9.17, 15) is 5.11 Å². The maximum absolute atomic E-state index is 9.25. The predicted octanol–water partition coefficient (Wildman–Crippen LogP) is 3.68. The first-order chi connectivity index (χ1) is 10.7. The van der Waals surface area contributed by atoms with Crippen LogP contribution in [0.5, 0.6) is 5.75 Å². The number of nitrogens with zero attached hydrogens (tertiary/aromatic N) is 1. The molecule has 0 spiro atoms. The van der Waals surface area contributed by atoms with Gasteiger partial charge in [-0.05, 0) is 49.6 Å². The summed E-state index contributed by atoms with van der Waals surface area (Å²) in [6.45, 7) is 3.78. The zero-order valence-corrected chi connectivity index (χ0v) is 16.7. The minimum Gasteiger partial charge on any atom is -0.508 e. The highest BCUT2D eigenvalue weighted by Crippen LogP contribution is 2.14. The lowest BCUT2D eigenvalue weighted by atomic mass is 10.1. The van der Waals surface area contributed by atoms with E-state index in [1.807, 2.05) is 12.1 Å². The maximum Gasteiger partial charge on any atom is 0.191 e. The number of thiophene rings is 1. The van der Waals surface area contributed by atoms with Gasteiger partial charge in [0, 0.05) is 23.3 Å². The Kier molecular flexibility index (Phi) is 9.01. The number of hydrogen-bond donors (Lipinski definition) is 3. The van der Waals surface area contributed by atoms with E-state index in [-0.39, 0.29) is 24.0 Å². The Bertz CT molecular complexity index is 611. The quantitative estimate of drug-likeness (QED) is 0.275. The number of guanidine groups is 1. The van der Waals surface area contributed by atoms with Crippen molar-refractivity contribution >= 4 is 41.3 Å². The van der Waals surface area contributed by atoms with E-state index in [0.717, 1.165) is 31.9 Å². The Labute approximate surface area is 159 Å². The molecule has 6 heteroatoms. The Balaban J connectivity index is 0.00000264. The Morgan fingerprint density at radius 2 is 1.87 bits per heavy atom. The van der Waals surface area contributed by atoms with E-state index >= 15 is 0 Å². The van der Waals surface area contributed by atoms with Gasteiger partial charge in [0.15, 0.2) is 5.96 Å². The largest absolute Gasteiger partial charge is 0.508 e. The number of aryl methyl sites for hydroxylation is 2. The molecule has 1 aromatic carbocycles. The number of halogens is 1. The molecule has 2 rings (SSSR count). The molecule has 3 N–H and O–H groups in total. The minimum absolute atomic E-state index is 0. The molecule has 0 radical (unpaired) electrons. The number of phenols is 1. The molecule has 1 heterocycles. The number of rotatable bonds is 6. The first kappa shape index (κ1) is 19.8. The van der Waals surface area contributed by atoms with Crippen LogP contribution in [0.3, 0.4) is 0 Å². The van der Waals surface area contributed by atoms with E-state index in [2.05, 4.69) is 34.7 Å². The molecular formula is C17H24IN3OS. The van der Waals surface area contributed by atoms with Crippen LogP contribution in [0.1, 0.15) is 21.7 Å². The lowest BCUT2D eigenvalue weighted by Crippen LogP contribution is -2.37. The molecule has 0 unspecified atom stereocenters. The van der Waals surface area contributed by atoms with Crippen molar-refractivity contribution in [1.82, 2.24) is 10.6 Å². The number of nitrogens with one attached hydrogen (secondary N) is 2. The van der Waals surface area contributed by atoms with Gasteiger partial charge in [-0.3, -0.25) is 4.99 Å². The van der Waals surface area contributed by atoms with Crippen molar-refractivity contribution in [3.63, 3.8) is 0 Å². The highest BCUT2D eigenvalue weighted by Gasteiger charge is 2.00. The molecule has 1 aromatic heterocycles. The normalized spacial score (nSPS) is 11.0. The van der Waals surface area contributed by atoms with E-state index in [1.165, 1.54) is 15.3 Å². The predicted molar refractivity (Wildman–Crippen MR) is 109 cm³/mol. The monoisotopic (exact) mass is 445 g/mol. The van der Waals surface area contributed by atoms with Crippen molar-refractivity contribution in [2.24, 2.45) is 4.99 Å². The van der Waals surface area contributed by atoms with Crippen molar-refractivity contribution in [2.45, 2.75) is 26.3 Å². The van der Waals surface area contributed by atoms with Crippen molar-refractivity contribution < 1.29 is 5.11 Å². The van der Waals surface area contributed by atoms with Gasteiger partial charge in [-0.25, -0.2) is 0 Å². The molecule has 0 aliphatic carbocycles. The lowest BCUT2D eigenvalue weighted by molar-refractivity contribution is 0.475. The van der Waals surface area contributed by atoms with Gasteiger partial charge in [0.1, 0.15) is 5.75 Å². The third-order valence-electron chi connectivity index (χ3n) is 3.32. The minimum atomic E-state index is 0. The van der Waals surface area contributed by atoms with Crippen LogP contribution < -0.4 is 10.6 Å². The van der Waals surface area contributed by atoms with Crippen LogP contribution in [-0.4, -0.2) is 24.7 Å². The van der Waals surface area contributed by atoms with Crippen molar-refractivity contribution in [2.75, 3.05) is 13.6 Å². The zero-order chi connectivity index (χ0) is 15.8. The van der Waals surface area contributed by atoms with E-state index in [4.69, 9.17) is 0 Å². The number of phenolic OH excluding ortho intramolecular Hbond substituents is 1. The van der Waals surface area contributed by atoms with Gasteiger partial charge in [0.2, 0.25) is 0 Å². The summed E-state index contributed by atoms with van der Waals surface area (Å²) < 4.78 is 0. The molecule has 0 atom stereocenters. The van der Waals surface area contributed by atoms with Crippen molar-refractivity contribution in [3.05, 3.63) is 51.7 Å². The highest BCUT2D eigenvalue weighted by molar-refractivity contribution is 14.0. The van der Waals surface area contributed by atoms with Gasteiger partial charge < -0.3 is 15.7 Å². The molecular weight excluding hydrogens is 421 g/mol. The molecule has 0 aliphatic heterocycles. The fraction of sp³-hybridized carbons (Fsp3) is 0.353. The fourth-order valence-corrected chi connectivity index (χ4v) is 2.96. The molecule has 4 nitrogen and oxygen atoms in total. The Hall–Kier alpha value is -1.28. The lowest BCUT2D eigenvalue weighted by Gasteiger charge is -2.11. The van der Waals surface area contributed by atoms with E-state index < -0.39 is 0 Å². The Morgan fingerprint density at radius 3 is 2.48 bits per heavy atom. The smallest absolute Gasteiger partial charge is 0.191 e. The van der Waals surface area contributed by atoms with Gasteiger partial charge >= 0.3 is 0 Å². The molecule has 2 aromatic rings. The second-order valence-electron chi connectivity index (χ2n) is 5.13. The Morgan fingerprint density at radius 1 is 1.13 bits per heavy atom. The topological polar surface area (TPSA) is 56.7 Å². The number of aromatic hydroxyl groups is 1. The average molecular weight is 445 g/mol. The second-order valence-corrected chi connectivity index (χ2v) is 6.51. The van der Waals surface area contributed by atoms with Crippen molar-refractivity contribution in [3.8, 4) is 5.75 Å². The summed E-state index contributed by atoms with van der Waals surface area (Å²) in [6.07, 6.45) is 2.00. The van der Waals surface area contributed by atoms with E-state index in [0.29, 0.717) is 5.75 Å². The summed E-state index contributed by atoms with van der Waals surface area (Å²) >= 11 is 1.80. The standard InChI is InChI=1S/C17H23N3OS.HI/c1-13-5-10-16(22-13)12-20-17(18-2)19-11-3-4-14-6-8-15(21)9-7-14;/h5-10,21H,3-4,11-12H2,1-2H3,(H2,18,19,20);1H. The summed E-state index contributed by atoms with van der Waals surface area (Å²) in [7, 11) is 1.79. The second kappa shape index (κ2) is 10.5. The van der Waals surface area contributed by atoms with Gasteiger partial charge in [-0.2, -0.15) is 0 Å². The van der Waals surface area contributed by atoms with Gasteiger partial charge in [-0.1, -0.05) is 12.1 Å². The van der Waals surface area contributed by atoms with Crippen LogP contribution in [0.15, 0.2) is 41.4 Å². The number of benzene rings is 1. The van der Waals surface area contributed by atoms with Crippen LogP contribution in [-0.2, 0) is 13.0 Å². The van der Waals surface area contributed by atoms with Crippen LogP contribution in [0.2, 0.25) is 0 Å². The first-order valence-electron chi connectivity index (χ1n) is 7.45. The van der Waals surface area contributed by atoms with Crippen LogP contribution >= 0.6 is 35.3 Å². The van der Waals surface area contributed by atoms with Gasteiger partial charge in [0.05, 0.1) is 6.54 Å².